The van der Waals surface area contributed by atoms with Gasteiger partial charge in [-0.25, -0.2) is 0 Å². The third kappa shape index (κ3) is 4.21. The molecule has 1 aliphatic heterocycles. The van der Waals surface area contributed by atoms with E-state index in [0.717, 1.165) is 32.1 Å². The van der Waals surface area contributed by atoms with E-state index in [1.165, 1.54) is 74.0 Å². The van der Waals surface area contributed by atoms with Gasteiger partial charge in [0.1, 0.15) is 5.75 Å². The number of piperidine rings is 1. The van der Waals surface area contributed by atoms with E-state index in [2.05, 4.69) is 49.1 Å². The number of fused-ring (bicyclic) bond motifs is 5. The normalized spacial score (nSPS) is 36.2. The smallest absolute Gasteiger partial charge is 0.115 e. The fourth-order valence-corrected chi connectivity index (χ4v) is 8.86. The van der Waals surface area contributed by atoms with E-state index in [1.54, 1.807) is 0 Å². The Morgan fingerprint density at radius 1 is 0.972 bits per heavy atom. The number of nitrogens with zero attached hydrogens (tertiary/aromatic N) is 1. The Hall–Kier alpha value is -1.84. The van der Waals surface area contributed by atoms with Crippen molar-refractivity contribution in [2.45, 2.75) is 95.5 Å². The van der Waals surface area contributed by atoms with Crippen LogP contribution in [-0.4, -0.2) is 40.3 Å². The van der Waals surface area contributed by atoms with Crippen molar-refractivity contribution in [2.24, 2.45) is 17.3 Å². The van der Waals surface area contributed by atoms with Crippen molar-refractivity contribution in [3.63, 3.8) is 0 Å². The van der Waals surface area contributed by atoms with Crippen LogP contribution in [0.15, 0.2) is 42.5 Å². The minimum atomic E-state index is -0.593. The van der Waals surface area contributed by atoms with E-state index in [-0.39, 0.29) is 5.41 Å². The molecule has 2 aromatic rings. The molecule has 0 bridgehead atoms. The lowest BCUT2D eigenvalue weighted by Gasteiger charge is -2.56. The predicted octanol–water partition coefficient (Wildman–Crippen LogP) is 6.81. The van der Waals surface area contributed by atoms with Gasteiger partial charge in [0.15, 0.2) is 0 Å². The summed E-state index contributed by atoms with van der Waals surface area (Å²) in [7, 11) is 0. The number of aliphatic hydroxyl groups is 1. The van der Waals surface area contributed by atoms with Crippen LogP contribution in [0.5, 0.6) is 5.75 Å². The van der Waals surface area contributed by atoms with E-state index in [1.807, 2.05) is 12.1 Å². The average Bonchev–Trinajstić information content (AvgIpc) is 3.12. The molecule has 6 rings (SSSR count). The van der Waals surface area contributed by atoms with E-state index in [9.17, 15) is 10.2 Å². The molecule has 2 saturated carbocycles. The van der Waals surface area contributed by atoms with Gasteiger partial charge in [0.05, 0.1) is 5.60 Å². The summed E-state index contributed by atoms with van der Waals surface area (Å²) in [5, 5.41) is 21.7. The standard InChI is InChI=1S/C33H45NO2/c1-32-22-29(24-10-8-23(9-11-24)7-6-20-34-18-4-3-5-19-34)31-27-15-13-26(35)21-25(27)12-14-28(31)30(32)16-17-33(32,2)36/h8-11,13,15,21,28-31,35-36H,3-7,12,14,16-20,22H2,1-2H3/t28-,29+,30-,31+,32-,33-/m0/s1. The minimum Gasteiger partial charge on any atom is -0.508 e. The molecule has 0 amide bonds. The number of benzene rings is 2. The van der Waals surface area contributed by atoms with E-state index in [0.29, 0.717) is 29.4 Å². The summed E-state index contributed by atoms with van der Waals surface area (Å²) in [5.41, 5.74) is 5.05. The van der Waals surface area contributed by atoms with Gasteiger partial charge in [-0.05, 0) is 148 Å². The molecule has 36 heavy (non-hydrogen) atoms. The van der Waals surface area contributed by atoms with Gasteiger partial charge in [-0.1, -0.05) is 43.7 Å². The fourth-order valence-electron chi connectivity index (χ4n) is 8.86. The molecule has 6 atom stereocenters. The van der Waals surface area contributed by atoms with Gasteiger partial charge in [0, 0.05) is 0 Å². The molecule has 3 nitrogen and oxygen atoms in total. The van der Waals surface area contributed by atoms with Crippen LogP contribution >= 0.6 is 0 Å². The first-order chi connectivity index (χ1) is 17.4. The van der Waals surface area contributed by atoms with Gasteiger partial charge < -0.3 is 15.1 Å². The number of phenolic OH excluding ortho intramolecular Hbond substituents is 1. The zero-order chi connectivity index (χ0) is 24.9. The molecule has 0 aromatic heterocycles. The summed E-state index contributed by atoms with van der Waals surface area (Å²) in [4.78, 5) is 2.64. The topological polar surface area (TPSA) is 43.7 Å². The Morgan fingerprint density at radius 2 is 1.75 bits per heavy atom. The Labute approximate surface area is 217 Å². The average molecular weight is 488 g/mol. The molecule has 3 fully saturated rings. The zero-order valence-corrected chi connectivity index (χ0v) is 22.4. The lowest BCUT2D eigenvalue weighted by Crippen LogP contribution is -2.51. The first kappa shape index (κ1) is 24.5. The molecule has 0 radical (unpaired) electrons. The van der Waals surface area contributed by atoms with Gasteiger partial charge in [-0.2, -0.15) is 0 Å². The van der Waals surface area contributed by atoms with Crippen molar-refractivity contribution in [2.75, 3.05) is 19.6 Å². The van der Waals surface area contributed by atoms with Crippen molar-refractivity contribution in [1.29, 1.82) is 0 Å². The van der Waals surface area contributed by atoms with Gasteiger partial charge in [0.2, 0.25) is 0 Å². The minimum absolute atomic E-state index is 0.0413. The summed E-state index contributed by atoms with van der Waals surface area (Å²) in [5.74, 6) is 2.45. The lowest BCUT2D eigenvalue weighted by molar-refractivity contribution is -0.0963. The Morgan fingerprint density at radius 3 is 2.53 bits per heavy atom. The number of likely N-dealkylation sites (tertiary alicyclic amines) is 1. The number of phenols is 1. The summed E-state index contributed by atoms with van der Waals surface area (Å²) < 4.78 is 0. The highest BCUT2D eigenvalue weighted by Gasteiger charge is 2.62. The third-order valence-corrected chi connectivity index (χ3v) is 11.1. The molecule has 2 N–H and O–H groups in total. The Bertz CT molecular complexity index is 1070. The monoisotopic (exact) mass is 487 g/mol. The van der Waals surface area contributed by atoms with Crippen LogP contribution in [-0.2, 0) is 12.8 Å². The zero-order valence-electron chi connectivity index (χ0n) is 22.4. The third-order valence-electron chi connectivity index (χ3n) is 11.1. The predicted molar refractivity (Wildman–Crippen MR) is 147 cm³/mol. The summed E-state index contributed by atoms with van der Waals surface area (Å²) in [6.45, 7) is 8.28. The molecule has 194 valence electrons. The first-order valence-electron chi connectivity index (χ1n) is 14.7. The molecule has 4 aliphatic rings. The van der Waals surface area contributed by atoms with Crippen LogP contribution in [0.4, 0.5) is 0 Å². The van der Waals surface area contributed by atoms with Crippen molar-refractivity contribution < 1.29 is 10.2 Å². The number of hydrogen-bond donors (Lipinski definition) is 2. The maximum Gasteiger partial charge on any atom is 0.115 e. The first-order valence-corrected chi connectivity index (χ1v) is 14.7. The Kier molecular flexibility index (Phi) is 6.45. The second-order valence-electron chi connectivity index (χ2n) is 13.0. The number of aromatic hydroxyl groups is 1. The van der Waals surface area contributed by atoms with Crippen LogP contribution in [0.1, 0.15) is 99.3 Å². The molecule has 1 saturated heterocycles. The largest absolute Gasteiger partial charge is 0.508 e. The molecule has 0 unspecified atom stereocenters. The number of rotatable bonds is 5. The highest BCUT2D eigenvalue weighted by molar-refractivity contribution is 5.43. The molecular weight excluding hydrogens is 442 g/mol. The maximum absolute atomic E-state index is 11.5. The van der Waals surface area contributed by atoms with Crippen molar-refractivity contribution in [3.05, 3.63) is 64.7 Å². The van der Waals surface area contributed by atoms with Crippen molar-refractivity contribution >= 4 is 0 Å². The lowest BCUT2D eigenvalue weighted by atomic mass is 9.49. The quantitative estimate of drug-likeness (QED) is 0.487. The second kappa shape index (κ2) is 9.48. The molecule has 0 spiro atoms. The maximum atomic E-state index is 11.5. The van der Waals surface area contributed by atoms with E-state index >= 15 is 0 Å². The molecule has 3 heteroatoms. The molecule has 2 aromatic carbocycles. The van der Waals surface area contributed by atoms with Crippen LogP contribution in [0.3, 0.4) is 0 Å². The summed E-state index contributed by atoms with van der Waals surface area (Å²) in [6, 6.07) is 15.7. The Balaban J connectivity index is 1.26. The van der Waals surface area contributed by atoms with Crippen LogP contribution in [0.25, 0.3) is 0 Å². The van der Waals surface area contributed by atoms with Crippen LogP contribution < -0.4 is 0 Å². The molecule has 3 aliphatic carbocycles. The van der Waals surface area contributed by atoms with Gasteiger partial charge in [-0.15, -0.1) is 0 Å². The molecule has 1 heterocycles. The van der Waals surface area contributed by atoms with E-state index < -0.39 is 5.60 Å². The number of aryl methyl sites for hydroxylation is 2. The van der Waals surface area contributed by atoms with Gasteiger partial charge in [0.25, 0.3) is 0 Å². The van der Waals surface area contributed by atoms with E-state index in [4.69, 9.17) is 0 Å². The highest BCUT2D eigenvalue weighted by Crippen LogP contribution is 2.67. The van der Waals surface area contributed by atoms with Gasteiger partial charge in [-0.3, -0.25) is 0 Å². The van der Waals surface area contributed by atoms with Crippen molar-refractivity contribution in [1.82, 2.24) is 4.90 Å². The fraction of sp³-hybridized carbons (Fsp3) is 0.636. The highest BCUT2D eigenvalue weighted by atomic mass is 16.3. The van der Waals surface area contributed by atoms with Crippen LogP contribution in [0.2, 0.25) is 0 Å². The van der Waals surface area contributed by atoms with Crippen molar-refractivity contribution in [3.8, 4) is 5.75 Å². The summed E-state index contributed by atoms with van der Waals surface area (Å²) >= 11 is 0. The van der Waals surface area contributed by atoms with Crippen LogP contribution in [0, 0.1) is 17.3 Å². The molecular formula is C33H45NO2. The summed E-state index contributed by atoms with van der Waals surface area (Å²) in [6.07, 6.45) is 11.9. The SMILES string of the molecule is C[C@]1(O)CC[C@H]2[C@@H]3CCc4cc(O)ccc4[C@H]3[C@@H](c3ccc(CCCN4CCCCC4)cc3)C[C@@]21C. The second-order valence-corrected chi connectivity index (χ2v) is 13.0. The van der Waals surface area contributed by atoms with Gasteiger partial charge >= 0.3 is 0 Å². The number of hydrogen-bond acceptors (Lipinski definition) is 3.